The van der Waals surface area contributed by atoms with Gasteiger partial charge in [0.1, 0.15) is 5.82 Å². The van der Waals surface area contributed by atoms with E-state index in [1.165, 1.54) is 4.90 Å². The van der Waals surface area contributed by atoms with Crippen LogP contribution in [-0.4, -0.2) is 35.2 Å². The summed E-state index contributed by atoms with van der Waals surface area (Å²) in [7, 11) is 0. The number of piperidine rings is 1. The summed E-state index contributed by atoms with van der Waals surface area (Å²) >= 11 is 5.68. The molecule has 1 aliphatic rings. The lowest BCUT2D eigenvalue weighted by Crippen LogP contribution is -2.44. The molecule has 0 spiro atoms. The second kappa shape index (κ2) is 5.71. The van der Waals surface area contributed by atoms with Crippen LogP contribution in [0.2, 0.25) is 5.02 Å². The fourth-order valence-electron chi connectivity index (χ4n) is 1.99. The number of amides is 2. The predicted molar refractivity (Wildman–Crippen MR) is 67.2 cm³/mol. The Kier molecular flexibility index (Phi) is 4.21. The van der Waals surface area contributed by atoms with Crippen molar-refractivity contribution in [2.75, 3.05) is 18.4 Å². The minimum absolute atomic E-state index is 0.187. The number of β-amino-alcohol motifs (C(OH)–C–C–N with tert-alkyl or cyclic N) is 1. The first kappa shape index (κ1) is 14.0. The normalized spacial score (nSPS) is 19.4. The third-order valence-electron chi connectivity index (χ3n) is 2.92. The van der Waals surface area contributed by atoms with E-state index in [1.54, 1.807) is 0 Å². The first-order valence-corrected chi connectivity index (χ1v) is 6.23. The number of anilines is 1. The van der Waals surface area contributed by atoms with E-state index in [4.69, 9.17) is 11.6 Å². The van der Waals surface area contributed by atoms with Gasteiger partial charge in [-0.2, -0.15) is 0 Å². The van der Waals surface area contributed by atoms with Gasteiger partial charge in [0.05, 0.1) is 16.8 Å². The van der Waals surface area contributed by atoms with Crippen LogP contribution in [0.15, 0.2) is 12.1 Å². The van der Waals surface area contributed by atoms with Crippen molar-refractivity contribution in [2.45, 2.75) is 18.9 Å². The van der Waals surface area contributed by atoms with E-state index in [2.05, 4.69) is 5.32 Å². The van der Waals surface area contributed by atoms with Gasteiger partial charge in [0.2, 0.25) is 0 Å². The molecule has 2 N–H and O–H groups in total. The molecule has 104 valence electrons. The highest BCUT2D eigenvalue weighted by atomic mass is 35.5. The monoisotopic (exact) mass is 290 g/mol. The maximum Gasteiger partial charge on any atom is 0.322 e. The standard InChI is InChI=1S/C12H13ClF2N2O2/c13-9-4-7(14)5-10(15)11(9)16-12(19)17-3-1-2-8(18)6-17/h4-5,8,18H,1-3,6H2,(H,16,19). The molecule has 1 aromatic carbocycles. The SMILES string of the molecule is O=C(Nc1c(F)cc(F)cc1Cl)N1CCCC(O)C1. The zero-order valence-electron chi connectivity index (χ0n) is 10.00. The summed E-state index contributed by atoms with van der Waals surface area (Å²) in [4.78, 5) is 13.3. The highest BCUT2D eigenvalue weighted by Gasteiger charge is 2.23. The van der Waals surface area contributed by atoms with Crippen molar-refractivity contribution < 1.29 is 18.7 Å². The zero-order chi connectivity index (χ0) is 14.0. The van der Waals surface area contributed by atoms with E-state index in [0.29, 0.717) is 25.5 Å². The molecule has 2 rings (SSSR count). The molecule has 1 heterocycles. The van der Waals surface area contributed by atoms with E-state index in [9.17, 15) is 18.7 Å². The Bertz CT molecular complexity index is 476. The Labute approximate surface area is 114 Å². The summed E-state index contributed by atoms with van der Waals surface area (Å²) in [6.45, 7) is 0.662. The van der Waals surface area contributed by atoms with Crippen LogP contribution in [0.3, 0.4) is 0 Å². The van der Waals surface area contributed by atoms with Gasteiger partial charge in [-0.05, 0) is 18.9 Å². The van der Waals surface area contributed by atoms with Crippen molar-refractivity contribution in [3.05, 3.63) is 28.8 Å². The summed E-state index contributed by atoms with van der Waals surface area (Å²) in [5.41, 5.74) is -0.256. The number of hydrogen-bond acceptors (Lipinski definition) is 2. The summed E-state index contributed by atoms with van der Waals surface area (Å²) < 4.78 is 26.4. The molecule has 0 saturated carbocycles. The van der Waals surface area contributed by atoms with Crippen LogP contribution in [0.4, 0.5) is 19.3 Å². The van der Waals surface area contributed by atoms with E-state index < -0.39 is 23.8 Å². The van der Waals surface area contributed by atoms with Crippen LogP contribution in [0.1, 0.15) is 12.8 Å². The number of hydrogen-bond donors (Lipinski definition) is 2. The van der Waals surface area contributed by atoms with E-state index in [0.717, 1.165) is 6.07 Å². The van der Waals surface area contributed by atoms with Crippen LogP contribution in [0.5, 0.6) is 0 Å². The largest absolute Gasteiger partial charge is 0.391 e. The lowest BCUT2D eigenvalue weighted by atomic mass is 10.1. The lowest BCUT2D eigenvalue weighted by molar-refractivity contribution is 0.0883. The van der Waals surface area contributed by atoms with Crippen LogP contribution >= 0.6 is 11.6 Å². The smallest absolute Gasteiger partial charge is 0.322 e. The van der Waals surface area contributed by atoms with Crippen LogP contribution in [0, 0.1) is 11.6 Å². The predicted octanol–water partition coefficient (Wildman–Crippen LogP) is 2.61. The number of urea groups is 1. The first-order chi connectivity index (χ1) is 8.97. The Hall–Kier alpha value is -1.40. The number of benzene rings is 1. The van der Waals surface area contributed by atoms with Gasteiger partial charge in [-0.1, -0.05) is 11.6 Å². The molecule has 0 aliphatic carbocycles. The highest BCUT2D eigenvalue weighted by molar-refractivity contribution is 6.33. The fourth-order valence-corrected chi connectivity index (χ4v) is 2.23. The quantitative estimate of drug-likeness (QED) is 0.835. The molecule has 1 unspecified atom stereocenters. The number of nitrogens with zero attached hydrogens (tertiary/aromatic N) is 1. The van der Waals surface area contributed by atoms with E-state index >= 15 is 0 Å². The van der Waals surface area contributed by atoms with Crippen LogP contribution in [-0.2, 0) is 0 Å². The van der Waals surface area contributed by atoms with Gasteiger partial charge in [0.25, 0.3) is 0 Å². The number of carbonyl (C=O) groups excluding carboxylic acids is 1. The Morgan fingerprint density at radius 1 is 1.47 bits per heavy atom. The molecule has 0 radical (unpaired) electrons. The molecule has 2 amide bonds. The third kappa shape index (κ3) is 3.33. The molecule has 1 aliphatic heterocycles. The van der Waals surface area contributed by atoms with Crippen molar-refractivity contribution in [1.82, 2.24) is 4.90 Å². The van der Waals surface area contributed by atoms with Gasteiger partial charge in [0.15, 0.2) is 5.82 Å². The van der Waals surface area contributed by atoms with Gasteiger partial charge >= 0.3 is 6.03 Å². The number of likely N-dealkylation sites (tertiary alicyclic amines) is 1. The van der Waals surface area contributed by atoms with E-state index in [-0.39, 0.29) is 17.3 Å². The topological polar surface area (TPSA) is 52.6 Å². The third-order valence-corrected chi connectivity index (χ3v) is 3.22. The number of aliphatic hydroxyl groups excluding tert-OH is 1. The minimum Gasteiger partial charge on any atom is -0.391 e. The number of halogens is 3. The van der Waals surface area contributed by atoms with Crippen LogP contribution < -0.4 is 5.32 Å². The maximum absolute atomic E-state index is 13.5. The van der Waals surface area contributed by atoms with Crippen molar-refractivity contribution in [2.24, 2.45) is 0 Å². The summed E-state index contributed by atoms with van der Waals surface area (Å²) in [6, 6.07) is 1.00. The fraction of sp³-hybridized carbons (Fsp3) is 0.417. The number of rotatable bonds is 1. The summed E-state index contributed by atoms with van der Waals surface area (Å²) in [5, 5.41) is 11.6. The van der Waals surface area contributed by atoms with Crippen molar-refractivity contribution >= 4 is 23.3 Å². The number of aliphatic hydroxyl groups is 1. The van der Waals surface area contributed by atoms with Gasteiger partial charge in [0, 0.05) is 19.2 Å². The molecular formula is C12H13ClF2N2O2. The molecular weight excluding hydrogens is 278 g/mol. The highest BCUT2D eigenvalue weighted by Crippen LogP contribution is 2.27. The molecule has 1 fully saturated rings. The van der Waals surface area contributed by atoms with Crippen molar-refractivity contribution in [1.29, 1.82) is 0 Å². The second-order valence-electron chi connectivity index (χ2n) is 4.42. The molecule has 0 bridgehead atoms. The molecule has 1 aromatic rings. The van der Waals surface area contributed by atoms with E-state index in [1.807, 2.05) is 0 Å². The Morgan fingerprint density at radius 2 is 2.21 bits per heavy atom. The molecule has 19 heavy (non-hydrogen) atoms. The Balaban J connectivity index is 2.10. The molecule has 7 heteroatoms. The van der Waals surface area contributed by atoms with Crippen LogP contribution in [0.25, 0.3) is 0 Å². The van der Waals surface area contributed by atoms with Gasteiger partial charge in [-0.3, -0.25) is 0 Å². The average molecular weight is 291 g/mol. The number of carbonyl (C=O) groups is 1. The van der Waals surface area contributed by atoms with Gasteiger partial charge in [-0.25, -0.2) is 13.6 Å². The Morgan fingerprint density at radius 3 is 2.84 bits per heavy atom. The van der Waals surface area contributed by atoms with Crippen molar-refractivity contribution in [3.63, 3.8) is 0 Å². The minimum atomic E-state index is -0.934. The second-order valence-corrected chi connectivity index (χ2v) is 4.82. The first-order valence-electron chi connectivity index (χ1n) is 5.86. The molecule has 1 saturated heterocycles. The van der Waals surface area contributed by atoms with Gasteiger partial charge in [-0.15, -0.1) is 0 Å². The summed E-state index contributed by atoms with van der Waals surface area (Å²) in [6.07, 6.45) is 0.733. The summed E-state index contributed by atoms with van der Waals surface area (Å²) in [5.74, 6) is -1.75. The van der Waals surface area contributed by atoms with Gasteiger partial charge < -0.3 is 15.3 Å². The maximum atomic E-state index is 13.5. The average Bonchev–Trinajstić information content (AvgIpc) is 2.33. The molecule has 0 aromatic heterocycles. The van der Waals surface area contributed by atoms with Crippen molar-refractivity contribution in [3.8, 4) is 0 Å². The molecule has 1 atom stereocenters. The lowest BCUT2D eigenvalue weighted by Gasteiger charge is -2.30. The zero-order valence-corrected chi connectivity index (χ0v) is 10.8. The number of nitrogens with one attached hydrogen (secondary N) is 1. The molecule has 4 nitrogen and oxygen atoms in total.